The minimum atomic E-state index is -0.394. The third-order valence-corrected chi connectivity index (χ3v) is 3.49. The molecule has 0 aliphatic rings. The summed E-state index contributed by atoms with van der Waals surface area (Å²) in [5.74, 6) is 0.349. The summed E-state index contributed by atoms with van der Waals surface area (Å²) in [5.41, 5.74) is 3.79. The van der Waals surface area contributed by atoms with Gasteiger partial charge >= 0.3 is 5.97 Å². The number of esters is 1. The summed E-state index contributed by atoms with van der Waals surface area (Å²) < 4.78 is 10.0. The van der Waals surface area contributed by atoms with Crippen LogP contribution >= 0.6 is 0 Å². The molecule has 23 heavy (non-hydrogen) atoms. The fourth-order valence-corrected chi connectivity index (χ4v) is 2.35. The minimum absolute atomic E-state index is 0.185. The molecule has 0 amide bonds. The third kappa shape index (κ3) is 3.97. The van der Waals surface area contributed by atoms with Crippen LogP contribution in [0.15, 0.2) is 42.5 Å². The molecule has 1 heterocycles. The highest BCUT2D eigenvalue weighted by molar-refractivity contribution is 5.89. The zero-order chi connectivity index (χ0) is 16.8. The van der Waals surface area contributed by atoms with Crippen LogP contribution in [-0.2, 0) is 9.53 Å². The molecule has 4 heteroatoms. The van der Waals surface area contributed by atoms with Gasteiger partial charge in [-0.05, 0) is 23.1 Å². The van der Waals surface area contributed by atoms with E-state index in [1.165, 1.54) is 13.2 Å². The Hall–Kier alpha value is -2.62. The summed E-state index contributed by atoms with van der Waals surface area (Å²) in [7, 11) is 2.96. The van der Waals surface area contributed by atoms with E-state index in [-0.39, 0.29) is 5.92 Å². The van der Waals surface area contributed by atoms with Crippen molar-refractivity contribution in [1.29, 1.82) is 0 Å². The summed E-state index contributed by atoms with van der Waals surface area (Å²) in [5, 5.41) is 0. The summed E-state index contributed by atoms with van der Waals surface area (Å²) >= 11 is 0. The first kappa shape index (κ1) is 16.7. The first-order valence-electron chi connectivity index (χ1n) is 7.47. The van der Waals surface area contributed by atoms with Crippen LogP contribution in [0.1, 0.15) is 31.0 Å². The molecule has 1 aromatic heterocycles. The number of pyridine rings is 1. The summed E-state index contributed by atoms with van der Waals surface area (Å²) in [6.45, 7) is 4.12. The van der Waals surface area contributed by atoms with E-state index in [9.17, 15) is 4.79 Å². The maximum absolute atomic E-state index is 11.5. The van der Waals surface area contributed by atoms with Crippen LogP contribution in [0.3, 0.4) is 0 Å². The third-order valence-electron chi connectivity index (χ3n) is 3.49. The Labute approximate surface area is 136 Å². The molecule has 0 spiro atoms. The number of rotatable bonds is 5. The van der Waals surface area contributed by atoms with E-state index in [2.05, 4.69) is 18.8 Å². The van der Waals surface area contributed by atoms with Crippen molar-refractivity contribution < 1.29 is 14.3 Å². The molecule has 1 aromatic carbocycles. The minimum Gasteiger partial charge on any atom is -0.481 e. The van der Waals surface area contributed by atoms with Gasteiger partial charge in [0.25, 0.3) is 0 Å². The second-order valence-electron chi connectivity index (χ2n) is 5.39. The number of hydrogen-bond acceptors (Lipinski definition) is 4. The first-order chi connectivity index (χ1) is 11.1. The van der Waals surface area contributed by atoms with Crippen molar-refractivity contribution in [1.82, 2.24) is 4.98 Å². The van der Waals surface area contributed by atoms with Gasteiger partial charge in [-0.15, -0.1) is 0 Å². The average molecular weight is 311 g/mol. The molecule has 120 valence electrons. The van der Waals surface area contributed by atoms with Crippen LogP contribution in [-0.4, -0.2) is 25.2 Å². The van der Waals surface area contributed by atoms with Gasteiger partial charge in [-0.2, -0.15) is 0 Å². The number of benzene rings is 1. The molecule has 4 nitrogen and oxygen atoms in total. The predicted octanol–water partition coefficient (Wildman–Crippen LogP) is 4.07. The lowest BCUT2D eigenvalue weighted by Crippen LogP contribution is -2.03. The smallest absolute Gasteiger partial charge is 0.330 e. The van der Waals surface area contributed by atoms with E-state index < -0.39 is 5.97 Å². The van der Waals surface area contributed by atoms with Gasteiger partial charge in [-0.3, -0.25) is 0 Å². The second-order valence-corrected chi connectivity index (χ2v) is 5.39. The summed E-state index contributed by atoms with van der Waals surface area (Å²) in [6.07, 6.45) is 3.18. The first-order valence-corrected chi connectivity index (χ1v) is 7.47. The maximum atomic E-state index is 11.5. The van der Waals surface area contributed by atoms with E-state index in [0.717, 1.165) is 22.4 Å². The van der Waals surface area contributed by atoms with Crippen LogP contribution in [0, 0.1) is 0 Å². The normalized spacial score (nSPS) is 11.0. The van der Waals surface area contributed by atoms with E-state index in [1.807, 2.05) is 36.4 Å². The Morgan fingerprint density at radius 1 is 1.17 bits per heavy atom. The zero-order valence-electron chi connectivity index (χ0n) is 13.9. The number of carbonyl (C=O) groups excluding carboxylic acids is 1. The SMILES string of the molecule is COC(=O)/C=C/c1c(-c2ccccc2)cc(OC)nc1C(C)C. The lowest BCUT2D eigenvalue weighted by molar-refractivity contribution is -0.134. The van der Waals surface area contributed by atoms with E-state index in [4.69, 9.17) is 9.47 Å². The Kier molecular flexibility index (Phi) is 5.52. The molecule has 0 radical (unpaired) electrons. The number of ether oxygens (including phenoxy) is 2. The monoisotopic (exact) mass is 311 g/mol. The molecular formula is C19H21NO3. The fraction of sp³-hybridized carbons (Fsp3) is 0.263. The molecule has 0 N–H and O–H groups in total. The van der Waals surface area contributed by atoms with Gasteiger partial charge in [0.1, 0.15) is 0 Å². The number of carbonyl (C=O) groups is 1. The molecular weight excluding hydrogens is 290 g/mol. The highest BCUT2D eigenvalue weighted by Gasteiger charge is 2.15. The number of nitrogens with zero attached hydrogens (tertiary/aromatic N) is 1. The van der Waals surface area contributed by atoms with Crippen molar-refractivity contribution in [2.45, 2.75) is 19.8 Å². The number of hydrogen-bond donors (Lipinski definition) is 0. The van der Waals surface area contributed by atoms with Crippen LogP contribution in [0.5, 0.6) is 5.88 Å². The van der Waals surface area contributed by atoms with Gasteiger partial charge in [0.2, 0.25) is 5.88 Å². The molecule has 0 aliphatic heterocycles. The Morgan fingerprint density at radius 2 is 1.87 bits per heavy atom. The molecule has 0 unspecified atom stereocenters. The quantitative estimate of drug-likeness (QED) is 0.617. The van der Waals surface area contributed by atoms with Crippen LogP contribution in [0.2, 0.25) is 0 Å². The van der Waals surface area contributed by atoms with Crippen LogP contribution < -0.4 is 4.74 Å². The molecule has 0 aliphatic carbocycles. The zero-order valence-corrected chi connectivity index (χ0v) is 13.9. The lowest BCUT2D eigenvalue weighted by Gasteiger charge is -2.16. The summed E-state index contributed by atoms with van der Waals surface area (Å²) in [4.78, 5) is 16.0. The van der Waals surface area contributed by atoms with Crippen LogP contribution in [0.25, 0.3) is 17.2 Å². The maximum Gasteiger partial charge on any atom is 0.330 e. The average Bonchev–Trinajstić information content (AvgIpc) is 2.59. The second kappa shape index (κ2) is 7.58. The van der Waals surface area contributed by atoms with Gasteiger partial charge in [0, 0.05) is 17.7 Å². The molecule has 0 fully saturated rings. The predicted molar refractivity (Wildman–Crippen MR) is 91.4 cm³/mol. The Bertz CT molecular complexity index is 706. The molecule has 2 aromatic rings. The molecule has 2 rings (SSSR count). The topological polar surface area (TPSA) is 48.4 Å². The highest BCUT2D eigenvalue weighted by atomic mass is 16.5. The largest absolute Gasteiger partial charge is 0.481 e. The number of methoxy groups -OCH3 is 2. The number of aromatic nitrogens is 1. The molecule has 0 bridgehead atoms. The van der Waals surface area contributed by atoms with Crippen molar-refractivity contribution in [3.05, 3.63) is 53.7 Å². The van der Waals surface area contributed by atoms with Gasteiger partial charge in [-0.1, -0.05) is 44.2 Å². The van der Waals surface area contributed by atoms with E-state index in [0.29, 0.717) is 5.88 Å². The van der Waals surface area contributed by atoms with Crippen molar-refractivity contribution in [2.75, 3.05) is 14.2 Å². The fourth-order valence-electron chi connectivity index (χ4n) is 2.35. The lowest BCUT2D eigenvalue weighted by atomic mass is 9.94. The van der Waals surface area contributed by atoms with Crippen LogP contribution in [0.4, 0.5) is 0 Å². The van der Waals surface area contributed by atoms with Crippen molar-refractivity contribution >= 4 is 12.0 Å². The van der Waals surface area contributed by atoms with E-state index in [1.54, 1.807) is 13.2 Å². The Morgan fingerprint density at radius 3 is 2.43 bits per heavy atom. The van der Waals surface area contributed by atoms with Gasteiger partial charge in [0.15, 0.2) is 0 Å². The Balaban J connectivity index is 2.68. The van der Waals surface area contributed by atoms with Gasteiger partial charge < -0.3 is 9.47 Å². The highest BCUT2D eigenvalue weighted by Crippen LogP contribution is 2.33. The van der Waals surface area contributed by atoms with Crippen molar-refractivity contribution in [3.8, 4) is 17.0 Å². The molecule has 0 atom stereocenters. The standard InChI is InChI=1S/C19H21NO3/c1-13(2)19-15(10-11-18(21)23-4)16(12-17(20-19)22-3)14-8-6-5-7-9-14/h5-13H,1-4H3/b11-10+. The summed E-state index contributed by atoms with van der Waals surface area (Å²) in [6, 6.07) is 11.9. The van der Waals surface area contributed by atoms with Gasteiger partial charge in [0.05, 0.1) is 19.9 Å². The van der Waals surface area contributed by atoms with Crippen molar-refractivity contribution in [2.24, 2.45) is 0 Å². The van der Waals surface area contributed by atoms with Gasteiger partial charge in [-0.25, -0.2) is 9.78 Å². The van der Waals surface area contributed by atoms with Crippen molar-refractivity contribution in [3.63, 3.8) is 0 Å². The molecule has 0 saturated carbocycles. The van der Waals surface area contributed by atoms with E-state index >= 15 is 0 Å². The molecule has 0 saturated heterocycles.